The first-order valence-electron chi connectivity index (χ1n) is 6.13. The minimum Gasteiger partial charge on any atom is -0.348 e. The zero-order valence-corrected chi connectivity index (χ0v) is 12.9. The standard InChI is InChI=1S/C13H17N3O2S.ClH/c1-7(6-14)15-13(18)9-3-4-11-10(5-9)16-12(17)8(2)19-11;/h3-5,7-8H,6,14H2,1-2H3,(H,15,18)(H,16,17);1H/t7-,8?;/m0./s1. The number of nitrogens with two attached hydrogens (primary N) is 1. The Morgan fingerprint density at radius 2 is 2.25 bits per heavy atom. The average molecular weight is 316 g/mol. The lowest BCUT2D eigenvalue weighted by molar-refractivity contribution is -0.115. The van der Waals surface area contributed by atoms with Crippen LogP contribution in [0.4, 0.5) is 5.69 Å². The highest BCUT2D eigenvalue weighted by Gasteiger charge is 2.23. The number of benzene rings is 1. The van der Waals surface area contributed by atoms with Gasteiger partial charge in [-0.1, -0.05) is 0 Å². The number of thioether (sulfide) groups is 1. The van der Waals surface area contributed by atoms with Crippen LogP contribution in [0.2, 0.25) is 0 Å². The molecule has 1 heterocycles. The van der Waals surface area contributed by atoms with Crippen molar-refractivity contribution < 1.29 is 9.59 Å². The monoisotopic (exact) mass is 315 g/mol. The molecule has 1 aliphatic rings. The first-order valence-corrected chi connectivity index (χ1v) is 7.01. The maximum absolute atomic E-state index is 12.0. The lowest BCUT2D eigenvalue weighted by Crippen LogP contribution is -2.37. The van der Waals surface area contributed by atoms with E-state index in [-0.39, 0.29) is 35.5 Å². The lowest BCUT2D eigenvalue weighted by Gasteiger charge is -2.22. The molecule has 1 aliphatic heterocycles. The molecule has 0 spiro atoms. The topological polar surface area (TPSA) is 84.2 Å². The van der Waals surface area contributed by atoms with Crippen molar-refractivity contribution in [3.05, 3.63) is 23.8 Å². The van der Waals surface area contributed by atoms with Crippen molar-refractivity contribution >= 4 is 41.7 Å². The molecule has 20 heavy (non-hydrogen) atoms. The summed E-state index contributed by atoms with van der Waals surface area (Å²) in [5.41, 5.74) is 6.69. The van der Waals surface area contributed by atoms with Crippen LogP contribution >= 0.6 is 24.2 Å². The van der Waals surface area contributed by atoms with Crippen molar-refractivity contribution in [1.82, 2.24) is 5.32 Å². The number of carbonyl (C=O) groups is 2. The number of hydrogen-bond acceptors (Lipinski definition) is 4. The third-order valence-corrected chi connectivity index (χ3v) is 4.08. The van der Waals surface area contributed by atoms with E-state index < -0.39 is 0 Å². The second kappa shape index (κ2) is 6.97. The van der Waals surface area contributed by atoms with Gasteiger partial charge in [-0.2, -0.15) is 0 Å². The molecular formula is C13H18ClN3O2S. The summed E-state index contributed by atoms with van der Waals surface area (Å²) in [7, 11) is 0. The lowest BCUT2D eigenvalue weighted by atomic mass is 10.1. The smallest absolute Gasteiger partial charge is 0.251 e. The van der Waals surface area contributed by atoms with Gasteiger partial charge in [-0.05, 0) is 32.0 Å². The molecule has 1 unspecified atom stereocenters. The Morgan fingerprint density at radius 3 is 2.90 bits per heavy atom. The SMILES string of the molecule is CC1Sc2ccc(C(=O)N[C@@H](C)CN)cc2NC1=O.Cl. The molecule has 2 atom stereocenters. The van der Waals surface area contributed by atoms with E-state index in [1.54, 1.807) is 12.1 Å². The minimum absolute atomic E-state index is 0. The number of carbonyl (C=O) groups excluding carboxylic acids is 2. The van der Waals surface area contributed by atoms with Crippen molar-refractivity contribution in [2.45, 2.75) is 30.0 Å². The van der Waals surface area contributed by atoms with Crippen LogP contribution in [0.5, 0.6) is 0 Å². The van der Waals surface area contributed by atoms with Gasteiger partial charge in [-0.15, -0.1) is 24.2 Å². The molecule has 5 nitrogen and oxygen atoms in total. The summed E-state index contributed by atoms with van der Waals surface area (Å²) in [5, 5.41) is 5.49. The predicted molar refractivity (Wildman–Crippen MR) is 83.6 cm³/mol. The maximum Gasteiger partial charge on any atom is 0.251 e. The van der Waals surface area contributed by atoms with Gasteiger partial charge >= 0.3 is 0 Å². The highest BCUT2D eigenvalue weighted by atomic mass is 35.5. The zero-order chi connectivity index (χ0) is 14.0. The summed E-state index contributed by atoms with van der Waals surface area (Å²) in [6, 6.07) is 5.24. The number of fused-ring (bicyclic) bond motifs is 1. The fraction of sp³-hybridized carbons (Fsp3) is 0.385. The molecule has 0 fully saturated rings. The van der Waals surface area contributed by atoms with Crippen LogP contribution in [0.1, 0.15) is 24.2 Å². The van der Waals surface area contributed by atoms with Gasteiger partial charge in [0.25, 0.3) is 5.91 Å². The minimum atomic E-state index is -0.182. The Labute approximate surface area is 128 Å². The summed E-state index contributed by atoms with van der Waals surface area (Å²) in [6.45, 7) is 4.09. The number of rotatable bonds is 3. The van der Waals surface area contributed by atoms with E-state index >= 15 is 0 Å². The second-order valence-electron chi connectivity index (χ2n) is 4.57. The number of nitrogens with one attached hydrogen (secondary N) is 2. The van der Waals surface area contributed by atoms with Crippen LogP contribution in [0.3, 0.4) is 0 Å². The molecule has 0 saturated heterocycles. The van der Waals surface area contributed by atoms with E-state index in [1.165, 1.54) is 11.8 Å². The Morgan fingerprint density at radius 1 is 1.55 bits per heavy atom. The molecule has 110 valence electrons. The summed E-state index contributed by atoms with van der Waals surface area (Å²) >= 11 is 1.50. The van der Waals surface area contributed by atoms with Crippen LogP contribution in [-0.2, 0) is 4.79 Å². The molecule has 0 saturated carbocycles. The van der Waals surface area contributed by atoms with Gasteiger partial charge in [0.15, 0.2) is 0 Å². The van der Waals surface area contributed by atoms with Gasteiger partial charge < -0.3 is 16.4 Å². The Hall–Kier alpha value is -1.24. The van der Waals surface area contributed by atoms with Crippen LogP contribution in [0.15, 0.2) is 23.1 Å². The van der Waals surface area contributed by atoms with Crippen molar-refractivity contribution in [2.75, 3.05) is 11.9 Å². The second-order valence-corrected chi connectivity index (χ2v) is 5.95. The van der Waals surface area contributed by atoms with Crippen molar-refractivity contribution in [1.29, 1.82) is 0 Å². The van der Waals surface area contributed by atoms with Crippen LogP contribution in [-0.4, -0.2) is 29.7 Å². The van der Waals surface area contributed by atoms with Gasteiger partial charge in [0.05, 0.1) is 10.9 Å². The number of anilines is 1. The Bertz CT molecular complexity index is 524. The van der Waals surface area contributed by atoms with E-state index in [1.807, 2.05) is 19.9 Å². The van der Waals surface area contributed by atoms with Gasteiger partial charge in [-0.3, -0.25) is 9.59 Å². The largest absolute Gasteiger partial charge is 0.348 e. The molecule has 0 aliphatic carbocycles. The normalized spacial score (nSPS) is 18.4. The molecule has 0 radical (unpaired) electrons. The highest BCUT2D eigenvalue weighted by molar-refractivity contribution is 8.00. The average Bonchev–Trinajstić information content (AvgIpc) is 2.39. The summed E-state index contributed by atoms with van der Waals surface area (Å²) in [6.07, 6.45) is 0. The van der Waals surface area contributed by atoms with E-state index in [4.69, 9.17) is 5.73 Å². The van der Waals surface area contributed by atoms with E-state index in [0.29, 0.717) is 17.8 Å². The van der Waals surface area contributed by atoms with Crippen LogP contribution < -0.4 is 16.4 Å². The van der Waals surface area contributed by atoms with Gasteiger partial charge in [-0.25, -0.2) is 0 Å². The van der Waals surface area contributed by atoms with Gasteiger partial charge in [0, 0.05) is 23.0 Å². The molecule has 0 aromatic heterocycles. The molecule has 1 aromatic rings. The fourth-order valence-electron chi connectivity index (χ4n) is 1.72. The van der Waals surface area contributed by atoms with E-state index in [0.717, 1.165) is 4.90 Å². The van der Waals surface area contributed by atoms with Crippen LogP contribution in [0, 0.1) is 0 Å². The number of amides is 2. The molecule has 4 N–H and O–H groups in total. The van der Waals surface area contributed by atoms with E-state index in [9.17, 15) is 9.59 Å². The molecule has 1 aromatic carbocycles. The molecular weight excluding hydrogens is 298 g/mol. The Balaban J connectivity index is 0.00000200. The van der Waals surface area contributed by atoms with E-state index in [2.05, 4.69) is 10.6 Å². The van der Waals surface area contributed by atoms with Crippen molar-refractivity contribution in [2.24, 2.45) is 5.73 Å². The molecule has 2 rings (SSSR count). The first-order chi connectivity index (χ1) is 9.01. The number of hydrogen-bond donors (Lipinski definition) is 3. The third kappa shape index (κ3) is 3.65. The highest BCUT2D eigenvalue weighted by Crippen LogP contribution is 2.35. The van der Waals surface area contributed by atoms with Crippen molar-refractivity contribution in [3.63, 3.8) is 0 Å². The fourth-order valence-corrected chi connectivity index (χ4v) is 2.65. The maximum atomic E-state index is 12.0. The van der Waals surface area contributed by atoms with Crippen molar-refractivity contribution in [3.8, 4) is 0 Å². The van der Waals surface area contributed by atoms with Gasteiger partial charge in [0.2, 0.25) is 5.91 Å². The predicted octanol–water partition coefficient (Wildman–Crippen LogP) is 1.62. The quantitative estimate of drug-likeness (QED) is 0.791. The summed E-state index contributed by atoms with van der Waals surface area (Å²) in [4.78, 5) is 24.6. The summed E-state index contributed by atoms with van der Waals surface area (Å²) in [5.74, 6) is -0.219. The van der Waals surface area contributed by atoms with Crippen LogP contribution in [0.25, 0.3) is 0 Å². The molecule has 0 bridgehead atoms. The molecule has 2 amide bonds. The number of halogens is 1. The Kier molecular flexibility index (Phi) is 5.86. The molecule has 7 heteroatoms. The summed E-state index contributed by atoms with van der Waals surface area (Å²) < 4.78 is 0. The first kappa shape index (κ1) is 16.8. The van der Waals surface area contributed by atoms with Gasteiger partial charge in [0.1, 0.15) is 0 Å². The third-order valence-electron chi connectivity index (χ3n) is 2.90. The zero-order valence-electron chi connectivity index (χ0n) is 11.3.